The molecule has 8 nitrogen and oxygen atoms in total. The van der Waals surface area contributed by atoms with E-state index >= 15 is 0 Å². The minimum absolute atomic E-state index is 0.00430. The van der Waals surface area contributed by atoms with Crippen LogP contribution in [0.5, 0.6) is 0 Å². The summed E-state index contributed by atoms with van der Waals surface area (Å²) in [6.07, 6.45) is -0.00430. The number of rotatable bonds is 6. The van der Waals surface area contributed by atoms with E-state index in [1.54, 1.807) is 29.2 Å². The van der Waals surface area contributed by atoms with Crippen LogP contribution in [0.1, 0.15) is 17.8 Å². The lowest BCUT2D eigenvalue weighted by Gasteiger charge is -2.35. The molecule has 31 heavy (non-hydrogen) atoms. The first-order valence-electron chi connectivity index (χ1n) is 10.8. The maximum Gasteiger partial charge on any atom is 0.329 e. The lowest BCUT2D eigenvalue weighted by atomic mass is 10.1. The molecule has 3 heterocycles. The number of carbonyl (C=O) groups excluding carboxylic acids is 3. The quantitative estimate of drug-likeness (QED) is 0.719. The number of aromatic nitrogens is 1. The van der Waals surface area contributed by atoms with Crippen LogP contribution in [0.25, 0.3) is 0 Å². The van der Waals surface area contributed by atoms with Gasteiger partial charge in [-0.15, -0.1) is 0 Å². The van der Waals surface area contributed by atoms with Crippen molar-refractivity contribution in [3.8, 4) is 0 Å². The topological polar surface area (TPSA) is 77.9 Å². The standard InChI is InChI=1S/C23H29N5O3/c1-17-8-9-18(2)27(17)15-12-25-10-13-26(14-11-25)21(29)16-20-22(30)28(23(31)24-20)19-6-4-3-5-7-19/h3-9,20H,10-16H2,1-2H3,(H,24,31)/t20-/m0/s1. The van der Waals surface area contributed by atoms with Gasteiger partial charge in [-0.25, -0.2) is 9.69 Å². The van der Waals surface area contributed by atoms with E-state index in [2.05, 4.69) is 40.8 Å². The largest absolute Gasteiger partial charge is 0.348 e. The van der Waals surface area contributed by atoms with Crippen molar-refractivity contribution < 1.29 is 14.4 Å². The number of urea groups is 1. The Morgan fingerprint density at radius 1 is 0.935 bits per heavy atom. The molecule has 0 saturated carbocycles. The Labute approximate surface area is 182 Å². The smallest absolute Gasteiger partial charge is 0.329 e. The summed E-state index contributed by atoms with van der Waals surface area (Å²) >= 11 is 0. The predicted octanol–water partition coefficient (Wildman–Crippen LogP) is 1.76. The van der Waals surface area contributed by atoms with E-state index in [1.165, 1.54) is 11.4 Å². The molecular weight excluding hydrogens is 394 g/mol. The van der Waals surface area contributed by atoms with Crippen LogP contribution >= 0.6 is 0 Å². The van der Waals surface area contributed by atoms with Crippen LogP contribution < -0.4 is 10.2 Å². The summed E-state index contributed by atoms with van der Waals surface area (Å²) < 4.78 is 2.31. The number of benzene rings is 1. The summed E-state index contributed by atoms with van der Waals surface area (Å²) in [6.45, 7) is 9.02. The van der Waals surface area contributed by atoms with Gasteiger partial charge in [0.05, 0.1) is 12.1 Å². The zero-order valence-electron chi connectivity index (χ0n) is 18.1. The summed E-state index contributed by atoms with van der Waals surface area (Å²) in [5.74, 6) is -0.467. The number of para-hydroxylation sites is 1. The molecule has 0 spiro atoms. The second kappa shape index (κ2) is 8.93. The van der Waals surface area contributed by atoms with E-state index in [4.69, 9.17) is 0 Å². The van der Waals surface area contributed by atoms with Gasteiger partial charge in [-0.05, 0) is 38.1 Å². The molecule has 2 aliphatic heterocycles. The van der Waals surface area contributed by atoms with Crippen LogP contribution in [0.2, 0.25) is 0 Å². The normalized spacial score (nSPS) is 19.7. The van der Waals surface area contributed by atoms with Gasteiger partial charge in [-0.2, -0.15) is 0 Å². The lowest BCUT2D eigenvalue weighted by molar-refractivity contribution is -0.135. The molecule has 1 aromatic carbocycles. The highest BCUT2D eigenvalue weighted by atomic mass is 16.2. The number of imide groups is 1. The van der Waals surface area contributed by atoms with Gasteiger partial charge in [0.2, 0.25) is 5.91 Å². The second-order valence-electron chi connectivity index (χ2n) is 8.21. The molecule has 2 fully saturated rings. The third-order valence-electron chi connectivity index (χ3n) is 6.19. The molecule has 1 atom stereocenters. The SMILES string of the molecule is Cc1ccc(C)n1CCN1CCN(C(=O)C[C@@H]2NC(=O)N(c3ccccc3)C2=O)CC1. The summed E-state index contributed by atoms with van der Waals surface area (Å²) in [4.78, 5) is 43.0. The summed E-state index contributed by atoms with van der Waals surface area (Å²) in [7, 11) is 0. The van der Waals surface area contributed by atoms with Crippen molar-refractivity contribution >= 4 is 23.5 Å². The van der Waals surface area contributed by atoms with E-state index in [0.717, 1.165) is 31.1 Å². The molecule has 4 amide bonds. The minimum atomic E-state index is -0.807. The van der Waals surface area contributed by atoms with E-state index in [-0.39, 0.29) is 18.2 Å². The highest BCUT2D eigenvalue weighted by molar-refractivity contribution is 6.22. The molecular formula is C23H29N5O3. The van der Waals surface area contributed by atoms with Gasteiger partial charge >= 0.3 is 6.03 Å². The number of hydrogen-bond acceptors (Lipinski definition) is 4. The second-order valence-corrected chi connectivity index (χ2v) is 8.21. The zero-order valence-corrected chi connectivity index (χ0v) is 18.1. The number of carbonyl (C=O) groups is 3. The summed E-state index contributed by atoms with van der Waals surface area (Å²) in [5, 5.41) is 2.65. The Bertz CT molecular complexity index is 943. The van der Waals surface area contributed by atoms with Gasteiger partial charge in [0, 0.05) is 50.7 Å². The summed E-state index contributed by atoms with van der Waals surface area (Å²) in [5.41, 5.74) is 3.04. The van der Waals surface area contributed by atoms with Crippen LogP contribution in [0.3, 0.4) is 0 Å². The first-order chi connectivity index (χ1) is 14.9. The van der Waals surface area contributed by atoms with Crippen molar-refractivity contribution in [3.63, 3.8) is 0 Å². The first kappa shape index (κ1) is 21.1. The molecule has 0 aliphatic carbocycles. The van der Waals surface area contributed by atoms with Gasteiger partial charge in [-0.3, -0.25) is 14.5 Å². The molecule has 2 aromatic rings. The van der Waals surface area contributed by atoms with Crippen molar-refractivity contribution in [2.75, 3.05) is 37.6 Å². The Kier molecular flexibility index (Phi) is 6.08. The molecule has 164 valence electrons. The van der Waals surface area contributed by atoms with Gasteiger partial charge in [0.15, 0.2) is 0 Å². The highest BCUT2D eigenvalue weighted by Crippen LogP contribution is 2.20. The number of nitrogens with one attached hydrogen (secondary N) is 1. The van der Waals surface area contributed by atoms with Crippen LogP contribution in [0, 0.1) is 13.8 Å². The van der Waals surface area contributed by atoms with Crippen LogP contribution in [-0.4, -0.2) is 71.0 Å². The van der Waals surface area contributed by atoms with Gasteiger partial charge in [0.25, 0.3) is 5.91 Å². The molecule has 2 aliphatic rings. The number of piperazine rings is 1. The number of nitrogens with zero attached hydrogens (tertiary/aromatic N) is 4. The zero-order chi connectivity index (χ0) is 22.0. The van der Waals surface area contributed by atoms with E-state index in [1.807, 2.05) is 6.07 Å². The van der Waals surface area contributed by atoms with Crippen molar-refractivity contribution in [1.82, 2.24) is 19.7 Å². The van der Waals surface area contributed by atoms with Gasteiger partial charge in [-0.1, -0.05) is 18.2 Å². The van der Waals surface area contributed by atoms with E-state index in [0.29, 0.717) is 18.8 Å². The predicted molar refractivity (Wildman–Crippen MR) is 118 cm³/mol. The minimum Gasteiger partial charge on any atom is -0.348 e. The molecule has 4 rings (SSSR count). The first-order valence-corrected chi connectivity index (χ1v) is 10.8. The maximum atomic E-state index is 12.8. The monoisotopic (exact) mass is 423 g/mol. The van der Waals surface area contributed by atoms with Crippen molar-refractivity contribution in [3.05, 3.63) is 53.9 Å². The lowest BCUT2D eigenvalue weighted by Crippen LogP contribution is -2.50. The fraction of sp³-hybridized carbons (Fsp3) is 0.435. The molecule has 2 saturated heterocycles. The summed E-state index contributed by atoms with van der Waals surface area (Å²) in [6, 6.07) is 11.8. The van der Waals surface area contributed by atoms with Crippen LogP contribution in [-0.2, 0) is 16.1 Å². The Balaban J connectivity index is 1.27. The van der Waals surface area contributed by atoms with E-state index in [9.17, 15) is 14.4 Å². The van der Waals surface area contributed by atoms with Crippen molar-refractivity contribution in [2.45, 2.75) is 32.9 Å². The number of anilines is 1. The van der Waals surface area contributed by atoms with Crippen LogP contribution in [0.4, 0.5) is 10.5 Å². The Morgan fingerprint density at radius 3 is 2.23 bits per heavy atom. The van der Waals surface area contributed by atoms with Gasteiger partial charge < -0.3 is 14.8 Å². The molecule has 0 radical (unpaired) electrons. The fourth-order valence-electron chi connectivity index (χ4n) is 4.31. The number of hydrogen-bond donors (Lipinski definition) is 1. The Hall–Kier alpha value is -3.13. The average Bonchev–Trinajstić information content (AvgIpc) is 3.24. The average molecular weight is 424 g/mol. The number of amides is 4. The van der Waals surface area contributed by atoms with E-state index < -0.39 is 12.1 Å². The number of aryl methyl sites for hydroxylation is 2. The molecule has 1 aromatic heterocycles. The highest BCUT2D eigenvalue weighted by Gasteiger charge is 2.40. The van der Waals surface area contributed by atoms with Crippen molar-refractivity contribution in [2.24, 2.45) is 0 Å². The van der Waals surface area contributed by atoms with Gasteiger partial charge in [0.1, 0.15) is 6.04 Å². The van der Waals surface area contributed by atoms with Crippen molar-refractivity contribution in [1.29, 1.82) is 0 Å². The molecule has 0 unspecified atom stereocenters. The fourth-order valence-corrected chi connectivity index (χ4v) is 4.31. The molecule has 0 bridgehead atoms. The van der Waals surface area contributed by atoms with Crippen LogP contribution in [0.15, 0.2) is 42.5 Å². The third-order valence-corrected chi connectivity index (χ3v) is 6.19. The molecule has 8 heteroatoms. The third kappa shape index (κ3) is 4.49. The molecule has 1 N–H and O–H groups in total. The Morgan fingerprint density at radius 2 is 1.58 bits per heavy atom. The maximum absolute atomic E-state index is 12.8.